The zero-order valence-electron chi connectivity index (χ0n) is 7.76. The molecule has 0 aliphatic rings. The summed E-state index contributed by atoms with van der Waals surface area (Å²) in [6, 6.07) is 2.43. The van der Waals surface area contributed by atoms with Crippen molar-refractivity contribution in [3.05, 3.63) is 33.8 Å². The summed E-state index contributed by atoms with van der Waals surface area (Å²) in [7, 11) is 0. The number of alkyl halides is 2. The molecule has 0 radical (unpaired) electrons. The second-order valence-corrected chi connectivity index (χ2v) is 3.28. The van der Waals surface area contributed by atoms with Crippen molar-refractivity contribution in [3.63, 3.8) is 0 Å². The summed E-state index contributed by atoms with van der Waals surface area (Å²) in [6.07, 6.45) is -2.51. The summed E-state index contributed by atoms with van der Waals surface area (Å²) in [5.74, 6) is -0.510. The first kappa shape index (κ1) is 11.8. The Hall–Kier alpha value is -1.29. The topological polar surface area (TPSA) is 34.1 Å². The van der Waals surface area contributed by atoms with Crippen molar-refractivity contribution < 1.29 is 18.4 Å². The van der Waals surface area contributed by atoms with Crippen LogP contribution in [0.3, 0.4) is 0 Å². The molecule has 1 rings (SSSR count). The van der Waals surface area contributed by atoms with Gasteiger partial charge in [0.1, 0.15) is 0 Å². The van der Waals surface area contributed by atoms with Crippen LogP contribution < -0.4 is 0 Å². The largest absolute Gasteiger partial charge is 0.298 e. The molecule has 80 valence electrons. The third-order valence-corrected chi connectivity index (χ3v) is 2.36. The Morgan fingerprint density at radius 2 is 2.07 bits per heavy atom. The lowest BCUT2D eigenvalue weighted by atomic mass is 10.0. The lowest BCUT2D eigenvalue weighted by Gasteiger charge is -2.09. The van der Waals surface area contributed by atoms with Crippen LogP contribution in [-0.2, 0) is 0 Å². The Labute approximate surface area is 89.8 Å². The highest BCUT2D eigenvalue weighted by molar-refractivity contribution is 6.34. The smallest absolute Gasteiger partial charge is 0.266 e. The highest BCUT2D eigenvalue weighted by Gasteiger charge is 2.21. The van der Waals surface area contributed by atoms with E-state index >= 15 is 0 Å². The van der Waals surface area contributed by atoms with E-state index in [4.69, 9.17) is 11.6 Å². The van der Waals surface area contributed by atoms with E-state index in [0.29, 0.717) is 6.29 Å². The lowest BCUT2D eigenvalue weighted by Crippen LogP contribution is -2.03. The molecule has 0 fully saturated rings. The SMILES string of the molecule is CC(=O)c1ccc(C=O)c(Cl)c1C(F)F. The average molecular weight is 233 g/mol. The number of aldehydes is 1. The molecule has 1 aromatic rings. The minimum atomic E-state index is -2.88. The normalized spacial score (nSPS) is 10.5. The standard InChI is InChI=1S/C10H7ClF2O2/c1-5(15)7-3-2-6(4-14)9(11)8(7)10(12)13/h2-4,10H,1H3. The first-order chi connectivity index (χ1) is 6.99. The predicted molar refractivity (Wildman–Crippen MR) is 51.8 cm³/mol. The first-order valence-electron chi connectivity index (χ1n) is 4.05. The van der Waals surface area contributed by atoms with E-state index < -0.39 is 17.8 Å². The second-order valence-electron chi connectivity index (χ2n) is 2.90. The number of benzene rings is 1. The number of hydrogen-bond donors (Lipinski definition) is 0. The average Bonchev–Trinajstić information content (AvgIpc) is 2.16. The molecule has 0 saturated heterocycles. The number of ketones is 1. The molecule has 0 saturated carbocycles. The number of halogens is 3. The molecule has 0 bridgehead atoms. The minimum Gasteiger partial charge on any atom is -0.298 e. The Morgan fingerprint density at radius 3 is 2.47 bits per heavy atom. The molecule has 0 N–H and O–H groups in total. The number of carbonyl (C=O) groups is 2. The van der Waals surface area contributed by atoms with Crippen molar-refractivity contribution in [1.29, 1.82) is 0 Å². The van der Waals surface area contributed by atoms with Crippen molar-refractivity contribution in [1.82, 2.24) is 0 Å². The van der Waals surface area contributed by atoms with E-state index in [0.717, 1.165) is 6.92 Å². The monoisotopic (exact) mass is 232 g/mol. The summed E-state index contributed by atoms with van der Waals surface area (Å²) in [6.45, 7) is 1.16. The van der Waals surface area contributed by atoms with E-state index in [2.05, 4.69) is 0 Å². The predicted octanol–water partition coefficient (Wildman–Crippen LogP) is 3.29. The maximum atomic E-state index is 12.6. The van der Waals surface area contributed by atoms with Gasteiger partial charge in [-0.2, -0.15) is 0 Å². The Balaban J connectivity index is 3.51. The van der Waals surface area contributed by atoms with Crippen LogP contribution in [0.2, 0.25) is 5.02 Å². The van der Waals surface area contributed by atoms with E-state index in [9.17, 15) is 18.4 Å². The summed E-state index contributed by atoms with van der Waals surface area (Å²) >= 11 is 5.59. The fraction of sp³-hybridized carbons (Fsp3) is 0.200. The van der Waals surface area contributed by atoms with Gasteiger partial charge in [0, 0.05) is 16.7 Å². The van der Waals surface area contributed by atoms with Crippen molar-refractivity contribution in [3.8, 4) is 0 Å². The Bertz CT molecular complexity index is 416. The summed E-state index contributed by atoms with van der Waals surface area (Å²) < 4.78 is 25.2. The van der Waals surface area contributed by atoms with Gasteiger partial charge in [-0.1, -0.05) is 17.7 Å². The molecule has 0 aliphatic carbocycles. The number of Topliss-reactive ketones (excluding diaryl/α,β-unsaturated/α-hetero) is 1. The lowest BCUT2D eigenvalue weighted by molar-refractivity contribution is 0.0997. The van der Waals surface area contributed by atoms with Crippen LogP contribution in [0.5, 0.6) is 0 Å². The third-order valence-electron chi connectivity index (χ3n) is 1.93. The second kappa shape index (κ2) is 4.49. The number of hydrogen-bond acceptors (Lipinski definition) is 2. The molecule has 0 unspecified atom stereocenters. The molecule has 0 heterocycles. The molecule has 0 spiro atoms. The molecule has 0 aliphatic heterocycles. The fourth-order valence-corrected chi connectivity index (χ4v) is 1.51. The number of carbonyl (C=O) groups excluding carboxylic acids is 2. The molecule has 0 aromatic heterocycles. The summed E-state index contributed by atoms with van der Waals surface area (Å²) in [5.41, 5.74) is -0.772. The van der Waals surface area contributed by atoms with Crippen molar-refractivity contribution in [2.45, 2.75) is 13.3 Å². The molecule has 1 aromatic carbocycles. The quantitative estimate of drug-likeness (QED) is 0.592. The highest BCUT2D eigenvalue weighted by atomic mass is 35.5. The number of rotatable bonds is 3. The first-order valence-corrected chi connectivity index (χ1v) is 4.43. The van der Waals surface area contributed by atoms with Crippen molar-refractivity contribution >= 4 is 23.7 Å². The highest BCUT2D eigenvalue weighted by Crippen LogP contribution is 2.32. The molecule has 0 amide bonds. The van der Waals surface area contributed by atoms with Crippen molar-refractivity contribution in [2.24, 2.45) is 0 Å². The Kier molecular flexibility index (Phi) is 3.52. The summed E-state index contributed by atoms with van der Waals surface area (Å²) in [4.78, 5) is 21.5. The van der Waals surface area contributed by atoms with Crippen LogP contribution in [0.4, 0.5) is 8.78 Å². The maximum Gasteiger partial charge on any atom is 0.266 e. The molecule has 2 nitrogen and oxygen atoms in total. The van der Waals surface area contributed by atoms with Crippen LogP contribution in [0.25, 0.3) is 0 Å². The van der Waals surface area contributed by atoms with Crippen LogP contribution in [0, 0.1) is 0 Å². The van der Waals surface area contributed by atoms with E-state index in [1.54, 1.807) is 0 Å². The van der Waals surface area contributed by atoms with E-state index in [1.165, 1.54) is 12.1 Å². The zero-order valence-corrected chi connectivity index (χ0v) is 8.52. The van der Waals surface area contributed by atoms with Crippen molar-refractivity contribution in [2.75, 3.05) is 0 Å². The third kappa shape index (κ3) is 2.21. The van der Waals surface area contributed by atoms with E-state index in [1.807, 2.05) is 0 Å². The van der Waals surface area contributed by atoms with Gasteiger partial charge in [0.15, 0.2) is 12.1 Å². The van der Waals surface area contributed by atoms with E-state index in [-0.39, 0.29) is 16.1 Å². The summed E-state index contributed by atoms with van der Waals surface area (Å²) in [5, 5.41) is -0.354. The molecule has 15 heavy (non-hydrogen) atoms. The van der Waals surface area contributed by atoms with Gasteiger partial charge in [0.25, 0.3) is 6.43 Å². The van der Waals surface area contributed by atoms with Gasteiger partial charge in [0.05, 0.1) is 5.02 Å². The van der Waals surface area contributed by atoms with Gasteiger partial charge in [-0.3, -0.25) is 9.59 Å². The van der Waals surface area contributed by atoms with Gasteiger partial charge < -0.3 is 0 Å². The zero-order chi connectivity index (χ0) is 11.6. The van der Waals surface area contributed by atoms with Gasteiger partial charge in [-0.25, -0.2) is 8.78 Å². The fourth-order valence-electron chi connectivity index (χ4n) is 1.22. The molecule has 5 heteroatoms. The molecular formula is C10H7ClF2O2. The van der Waals surface area contributed by atoms with Crippen LogP contribution in [-0.4, -0.2) is 12.1 Å². The van der Waals surface area contributed by atoms with Gasteiger partial charge in [-0.15, -0.1) is 0 Å². The Morgan fingerprint density at radius 1 is 1.47 bits per heavy atom. The molecule has 0 atom stereocenters. The molecular weight excluding hydrogens is 226 g/mol. The van der Waals surface area contributed by atoms with Crippen LogP contribution in [0.15, 0.2) is 12.1 Å². The van der Waals surface area contributed by atoms with Gasteiger partial charge in [-0.05, 0) is 13.0 Å². The van der Waals surface area contributed by atoms with Crippen LogP contribution in [0.1, 0.15) is 39.6 Å². The van der Waals surface area contributed by atoms with Gasteiger partial charge in [0.2, 0.25) is 0 Å². The van der Waals surface area contributed by atoms with Gasteiger partial charge >= 0.3 is 0 Å². The van der Waals surface area contributed by atoms with Crippen LogP contribution >= 0.6 is 11.6 Å². The minimum absolute atomic E-state index is 0.0445. The maximum absolute atomic E-state index is 12.6.